The number of fused-ring (bicyclic) bond motifs is 2. The van der Waals surface area contributed by atoms with Crippen molar-refractivity contribution in [2.24, 2.45) is 5.92 Å². The van der Waals surface area contributed by atoms with E-state index in [2.05, 4.69) is 56.7 Å². The summed E-state index contributed by atoms with van der Waals surface area (Å²) < 4.78 is 17.4. The number of hydrogen-bond acceptors (Lipinski definition) is 7. The molecule has 192 valence electrons. The number of aromatic nitrogens is 1. The van der Waals surface area contributed by atoms with Gasteiger partial charge in [-0.05, 0) is 62.1 Å². The van der Waals surface area contributed by atoms with E-state index >= 15 is 0 Å². The molecule has 7 nitrogen and oxygen atoms in total. The third kappa shape index (κ3) is 5.02. The van der Waals surface area contributed by atoms with Gasteiger partial charge < -0.3 is 19.3 Å². The van der Waals surface area contributed by atoms with E-state index in [0.717, 1.165) is 74.8 Å². The first kappa shape index (κ1) is 23.9. The molecule has 4 heterocycles. The summed E-state index contributed by atoms with van der Waals surface area (Å²) in [5.74, 6) is 1.53. The second-order valence-electron chi connectivity index (χ2n) is 10.7. The van der Waals surface area contributed by atoms with E-state index in [4.69, 9.17) is 14.0 Å². The normalized spacial score (nSPS) is 27.4. The minimum absolute atomic E-state index is 0.216. The average molecular weight is 491 g/mol. The summed E-state index contributed by atoms with van der Waals surface area (Å²) in [6.45, 7) is 6.82. The number of piperazine rings is 1. The van der Waals surface area contributed by atoms with Crippen LogP contribution in [-0.4, -0.2) is 73.5 Å². The lowest BCUT2D eigenvalue weighted by molar-refractivity contribution is 0.0377. The zero-order chi connectivity index (χ0) is 24.3. The van der Waals surface area contributed by atoms with Crippen LogP contribution in [0, 0.1) is 5.92 Å². The molecule has 3 aliphatic heterocycles. The van der Waals surface area contributed by atoms with Crippen molar-refractivity contribution in [3.8, 4) is 5.75 Å². The third-order valence-corrected chi connectivity index (χ3v) is 8.31. The largest absolute Gasteiger partial charge is 0.493 e. The maximum atomic E-state index is 6.35. The van der Waals surface area contributed by atoms with Gasteiger partial charge in [0.1, 0.15) is 11.4 Å². The summed E-state index contributed by atoms with van der Waals surface area (Å²) in [6.07, 6.45) is 4.79. The molecule has 3 aliphatic rings. The van der Waals surface area contributed by atoms with E-state index in [1.807, 2.05) is 12.1 Å². The van der Waals surface area contributed by atoms with Gasteiger partial charge in [-0.1, -0.05) is 29.4 Å². The van der Waals surface area contributed by atoms with Gasteiger partial charge in [0.15, 0.2) is 5.58 Å². The van der Waals surface area contributed by atoms with Crippen molar-refractivity contribution in [2.75, 3.05) is 46.5 Å². The van der Waals surface area contributed by atoms with Crippen molar-refractivity contribution in [1.82, 2.24) is 20.3 Å². The molecule has 7 heteroatoms. The van der Waals surface area contributed by atoms with Gasteiger partial charge in [0.25, 0.3) is 0 Å². The number of benzene rings is 2. The standard InChI is InChI=1S/C29H38N4O3/c1-34-20-23-7-5-14-32(23)17-21-6-4-8-24(16-21)35-19-22-11-12-26-29(30-13-15-33(26)18-22)28-25-9-2-3-10-27(25)36-31-28/h2-4,6,8-10,16,22-23,26,29-30H,5,7,11-15,17-20H2,1H3/t22-,23?,26-,29?/m0/s1. The van der Waals surface area contributed by atoms with Crippen LogP contribution < -0.4 is 10.1 Å². The van der Waals surface area contributed by atoms with Crippen LogP contribution in [0.1, 0.15) is 43.0 Å². The molecular formula is C29H38N4O3. The molecule has 0 saturated carbocycles. The predicted molar refractivity (Wildman–Crippen MR) is 140 cm³/mol. The summed E-state index contributed by atoms with van der Waals surface area (Å²) in [5, 5.41) is 9.32. The van der Waals surface area contributed by atoms with E-state index in [0.29, 0.717) is 18.0 Å². The first-order chi connectivity index (χ1) is 17.8. The summed E-state index contributed by atoms with van der Waals surface area (Å²) in [5.41, 5.74) is 3.25. The first-order valence-electron chi connectivity index (χ1n) is 13.5. The Labute approximate surface area is 213 Å². The zero-order valence-corrected chi connectivity index (χ0v) is 21.3. The molecule has 1 aromatic heterocycles. The van der Waals surface area contributed by atoms with Gasteiger partial charge in [0.2, 0.25) is 0 Å². The Morgan fingerprint density at radius 1 is 1.06 bits per heavy atom. The highest BCUT2D eigenvalue weighted by Crippen LogP contribution is 2.35. The van der Waals surface area contributed by atoms with Crippen LogP contribution in [-0.2, 0) is 11.3 Å². The lowest BCUT2D eigenvalue weighted by atomic mass is 9.86. The fourth-order valence-electron chi connectivity index (χ4n) is 6.49. The van der Waals surface area contributed by atoms with E-state index in [1.165, 1.54) is 24.8 Å². The number of rotatable bonds is 8. The Morgan fingerprint density at radius 2 is 2.00 bits per heavy atom. The quantitative estimate of drug-likeness (QED) is 0.507. The molecule has 3 fully saturated rings. The van der Waals surface area contributed by atoms with Crippen LogP contribution in [0.3, 0.4) is 0 Å². The molecule has 2 aromatic carbocycles. The van der Waals surface area contributed by atoms with Crippen LogP contribution >= 0.6 is 0 Å². The minimum Gasteiger partial charge on any atom is -0.493 e. The molecule has 2 unspecified atom stereocenters. The van der Waals surface area contributed by atoms with Crippen molar-refractivity contribution in [1.29, 1.82) is 0 Å². The second kappa shape index (κ2) is 10.9. The molecule has 0 amide bonds. The number of ether oxygens (including phenoxy) is 2. The van der Waals surface area contributed by atoms with Crippen molar-refractivity contribution in [3.63, 3.8) is 0 Å². The number of methoxy groups -OCH3 is 1. The molecular weight excluding hydrogens is 452 g/mol. The van der Waals surface area contributed by atoms with E-state index < -0.39 is 0 Å². The summed E-state index contributed by atoms with van der Waals surface area (Å²) in [4.78, 5) is 5.19. The summed E-state index contributed by atoms with van der Waals surface area (Å²) in [7, 11) is 1.80. The SMILES string of the molecule is COCC1CCCN1Cc1cccc(OC[C@H]2CC[C@H]3C(c4noc5ccccc45)NCCN3C2)c1. The molecule has 0 radical (unpaired) electrons. The molecule has 0 aliphatic carbocycles. The lowest BCUT2D eigenvalue weighted by Crippen LogP contribution is -2.57. The van der Waals surface area contributed by atoms with Crippen LogP contribution in [0.2, 0.25) is 0 Å². The van der Waals surface area contributed by atoms with Gasteiger partial charge in [-0.15, -0.1) is 0 Å². The van der Waals surface area contributed by atoms with Gasteiger partial charge in [0.05, 0.1) is 19.3 Å². The highest BCUT2D eigenvalue weighted by atomic mass is 16.5. The fraction of sp³-hybridized carbons (Fsp3) is 0.552. The second-order valence-corrected chi connectivity index (χ2v) is 10.7. The number of para-hydroxylation sites is 1. The van der Waals surface area contributed by atoms with Gasteiger partial charge in [-0.25, -0.2) is 0 Å². The molecule has 0 bridgehead atoms. The molecule has 3 saturated heterocycles. The van der Waals surface area contributed by atoms with E-state index in [1.54, 1.807) is 7.11 Å². The smallest absolute Gasteiger partial charge is 0.167 e. The topological polar surface area (TPSA) is 63.0 Å². The maximum absolute atomic E-state index is 6.35. The Hall–Kier alpha value is -2.45. The van der Waals surface area contributed by atoms with Crippen LogP contribution in [0.4, 0.5) is 0 Å². The molecule has 6 rings (SSSR count). The third-order valence-electron chi connectivity index (χ3n) is 8.31. The molecule has 0 spiro atoms. The van der Waals surface area contributed by atoms with Crippen molar-refractivity contribution >= 4 is 11.0 Å². The number of piperidine rings is 1. The first-order valence-corrected chi connectivity index (χ1v) is 13.5. The molecule has 1 N–H and O–H groups in total. The number of hydrogen-bond donors (Lipinski definition) is 1. The monoisotopic (exact) mass is 490 g/mol. The highest BCUT2D eigenvalue weighted by molar-refractivity contribution is 5.79. The predicted octanol–water partition coefficient (Wildman–Crippen LogP) is 4.24. The maximum Gasteiger partial charge on any atom is 0.167 e. The van der Waals surface area contributed by atoms with E-state index in [9.17, 15) is 0 Å². The fourth-order valence-corrected chi connectivity index (χ4v) is 6.49. The summed E-state index contributed by atoms with van der Waals surface area (Å²) >= 11 is 0. The van der Waals surface area contributed by atoms with Crippen molar-refractivity contribution < 1.29 is 14.0 Å². The number of likely N-dealkylation sites (tertiary alicyclic amines) is 1. The van der Waals surface area contributed by atoms with Crippen molar-refractivity contribution in [3.05, 3.63) is 59.8 Å². The highest BCUT2D eigenvalue weighted by Gasteiger charge is 2.39. The zero-order valence-electron chi connectivity index (χ0n) is 21.3. The number of nitrogens with zero attached hydrogens (tertiary/aromatic N) is 3. The van der Waals surface area contributed by atoms with E-state index in [-0.39, 0.29) is 6.04 Å². The van der Waals surface area contributed by atoms with Crippen molar-refractivity contribution in [2.45, 2.75) is 50.4 Å². The molecule has 36 heavy (non-hydrogen) atoms. The molecule has 3 aromatic rings. The van der Waals surface area contributed by atoms with Crippen LogP contribution in [0.15, 0.2) is 53.1 Å². The van der Waals surface area contributed by atoms with Gasteiger partial charge in [0, 0.05) is 56.7 Å². The summed E-state index contributed by atoms with van der Waals surface area (Å²) in [6, 6.07) is 18.1. The Kier molecular flexibility index (Phi) is 7.23. The minimum atomic E-state index is 0.216. The Balaban J connectivity index is 1.05. The molecule has 4 atom stereocenters. The number of nitrogens with one attached hydrogen (secondary N) is 1. The van der Waals surface area contributed by atoms with Gasteiger partial charge >= 0.3 is 0 Å². The Morgan fingerprint density at radius 3 is 2.94 bits per heavy atom. The van der Waals surface area contributed by atoms with Gasteiger partial charge in [-0.2, -0.15) is 0 Å². The lowest BCUT2D eigenvalue weighted by Gasteiger charge is -2.46. The van der Waals surface area contributed by atoms with Gasteiger partial charge in [-0.3, -0.25) is 9.80 Å². The van der Waals surface area contributed by atoms with Crippen LogP contribution in [0.5, 0.6) is 5.75 Å². The average Bonchev–Trinajstić information content (AvgIpc) is 3.54. The Bertz CT molecular complexity index is 1150. The van der Waals surface area contributed by atoms with Crippen LogP contribution in [0.25, 0.3) is 11.0 Å².